The van der Waals surface area contributed by atoms with Gasteiger partial charge in [0.1, 0.15) is 23.6 Å². The zero-order valence-corrected chi connectivity index (χ0v) is 30.9. The Morgan fingerprint density at radius 2 is 1.56 bits per heavy atom. The highest BCUT2D eigenvalue weighted by Gasteiger charge is 2.37. The van der Waals surface area contributed by atoms with Crippen molar-refractivity contribution in [1.29, 1.82) is 0 Å². The van der Waals surface area contributed by atoms with Crippen LogP contribution in [0.1, 0.15) is 95.9 Å². The lowest BCUT2D eigenvalue weighted by Gasteiger charge is -2.42. The number of ether oxygens (including phenoxy) is 2. The summed E-state index contributed by atoms with van der Waals surface area (Å²) in [4.78, 5) is 47.5. The molecule has 3 aromatic rings. The van der Waals surface area contributed by atoms with Crippen molar-refractivity contribution >= 4 is 29.6 Å². The van der Waals surface area contributed by atoms with Crippen molar-refractivity contribution < 1.29 is 45.8 Å². The van der Waals surface area contributed by atoms with Crippen molar-refractivity contribution in [2.75, 3.05) is 42.9 Å². The Balaban J connectivity index is 1.22. The minimum absolute atomic E-state index is 0.0522. The average Bonchev–Trinajstić information content (AvgIpc) is 3.74. The molecule has 0 spiro atoms. The van der Waals surface area contributed by atoms with Gasteiger partial charge in [-0.05, 0) is 73.3 Å². The number of halogens is 5. The Bertz CT molecular complexity index is 1790. The molecule has 3 aromatic heterocycles. The third-order valence-corrected chi connectivity index (χ3v) is 8.65. The quantitative estimate of drug-likeness (QED) is 0.255. The molecule has 4 heterocycles. The number of rotatable bonds is 8. The lowest BCUT2D eigenvalue weighted by molar-refractivity contribution is -0.119. The molecule has 0 radical (unpaired) electrons. The van der Waals surface area contributed by atoms with Gasteiger partial charge in [0.2, 0.25) is 0 Å². The number of hydrogen-bond donors (Lipinski definition) is 1. The number of pyridine rings is 1. The van der Waals surface area contributed by atoms with Crippen LogP contribution in [0.2, 0.25) is 0 Å². The molecular weight excluding hydrogens is 723 g/mol. The van der Waals surface area contributed by atoms with Gasteiger partial charge in [0.25, 0.3) is 12.3 Å². The van der Waals surface area contributed by atoms with Crippen molar-refractivity contribution in [3.63, 3.8) is 0 Å². The Morgan fingerprint density at radius 3 is 2.15 bits per heavy atom. The summed E-state index contributed by atoms with van der Waals surface area (Å²) < 4.78 is 80.5. The third-order valence-electron chi connectivity index (χ3n) is 8.65. The molecule has 1 aliphatic heterocycles. The Morgan fingerprint density at radius 1 is 0.926 bits per heavy atom. The summed E-state index contributed by atoms with van der Waals surface area (Å²) in [6, 6.07) is 2.54. The van der Waals surface area contributed by atoms with Gasteiger partial charge in [-0.15, -0.1) is 5.10 Å². The molecule has 20 heteroatoms. The van der Waals surface area contributed by atoms with Gasteiger partial charge in [-0.3, -0.25) is 19.3 Å². The molecule has 296 valence electrons. The predicted molar refractivity (Wildman–Crippen MR) is 185 cm³/mol. The molecular formula is C34H45F5N10O5. The van der Waals surface area contributed by atoms with E-state index < -0.39 is 53.9 Å². The molecule has 15 nitrogen and oxygen atoms in total. The average molecular weight is 769 g/mol. The van der Waals surface area contributed by atoms with Gasteiger partial charge in [0.15, 0.2) is 11.4 Å². The minimum Gasteiger partial charge on any atom is -0.444 e. The van der Waals surface area contributed by atoms with E-state index in [4.69, 9.17) is 9.47 Å². The number of alkyl halides is 5. The molecule has 2 fully saturated rings. The lowest BCUT2D eigenvalue weighted by Crippen LogP contribution is -2.53. The molecule has 2 aliphatic rings. The first-order valence-corrected chi connectivity index (χ1v) is 17.5. The monoisotopic (exact) mass is 768 g/mol. The predicted octanol–water partition coefficient (Wildman–Crippen LogP) is 6.39. The van der Waals surface area contributed by atoms with Crippen LogP contribution in [0.25, 0.3) is 5.69 Å². The zero-order valence-electron chi connectivity index (χ0n) is 30.9. The van der Waals surface area contributed by atoms with Crippen LogP contribution in [0.5, 0.6) is 0 Å². The van der Waals surface area contributed by atoms with Gasteiger partial charge in [0, 0.05) is 50.7 Å². The molecule has 3 amide bonds. The van der Waals surface area contributed by atoms with Gasteiger partial charge in [-0.25, -0.2) is 23.4 Å². The maximum absolute atomic E-state index is 14.1. The van der Waals surface area contributed by atoms with E-state index in [0.29, 0.717) is 43.9 Å². The third kappa shape index (κ3) is 10.6. The van der Waals surface area contributed by atoms with Crippen LogP contribution in [-0.2, 0) is 9.47 Å². The van der Waals surface area contributed by atoms with Crippen LogP contribution >= 0.6 is 0 Å². The van der Waals surface area contributed by atoms with Gasteiger partial charge in [0.05, 0.1) is 23.6 Å². The zero-order chi connectivity index (χ0) is 39.6. The van der Waals surface area contributed by atoms with Crippen LogP contribution in [0, 0.1) is 0 Å². The van der Waals surface area contributed by atoms with Crippen LogP contribution in [-0.4, -0.2) is 114 Å². The maximum atomic E-state index is 14.1. The highest BCUT2D eigenvalue weighted by Crippen LogP contribution is 2.35. The van der Waals surface area contributed by atoms with E-state index >= 15 is 0 Å². The summed E-state index contributed by atoms with van der Waals surface area (Å²) in [5.74, 6) is -1.29. The summed E-state index contributed by atoms with van der Waals surface area (Å²) in [6.45, 7) is 10.8. The fraction of sp³-hybridized carbons (Fsp3) is 0.618. The molecule has 5 rings (SSSR count). The van der Waals surface area contributed by atoms with Crippen LogP contribution < -0.4 is 10.2 Å². The second-order valence-corrected chi connectivity index (χ2v) is 15.2. The maximum Gasteiger partial charge on any atom is 0.416 e. The SMILES string of the molecule is CC(C)(C)OC(=O)N1CCN(C2CCC(n3cc(NC(=O)c4cnn(-c5ccnc(N(CC(F)(F)F)C(=O)OC(C)(C)C)c5)n4)c(C(F)F)n3)CC2)CC1. The van der Waals surface area contributed by atoms with E-state index in [1.54, 1.807) is 4.90 Å². The lowest BCUT2D eigenvalue weighted by atomic mass is 9.90. The van der Waals surface area contributed by atoms with E-state index in [0.717, 1.165) is 36.1 Å². The van der Waals surface area contributed by atoms with Crippen molar-refractivity contribution in [2.45, 2.75) is 103 Å². The number of carbonyl (C=O) groups is 3. The smallest absolute Gasteiger partial charge is 0.416 e. The molecule has 0 bridgehead atoms. The number of amides is 3. The van der Waals surface area contributed by atoms with Gasteiger partial charge in [-0.2, -0.15) is 28.2 Å². The number of carbonyl (C=O) groups excluding carboxylic acids is 3. The molecule has 0 unspecified atom stereocenters. The second kappa shape index (κ2) is 15.8. The molecule has 1 saturated carbocycles. The van der Waals surface area contributed by atoms with Gasteiger partial charge in [-0.1, -0.05) is 0 Å². The Kier molecular flexibility index (Phi) is 11.8. The van der Waals surface area contributed by atoms with E-state index in [2.05, 4.69) is 30.5 Å². The van der Waals surface area contributed by atoms with Gasteiger partial charge < -0.3 is 19.7 Å². The summed E-state index contributed by atoms with van der Waals surface area (Å²) in [7, 11) is 0. The number of anilines is 2. The van der Waals surface area contributed by atoms with Crippen molar-refractivity contribution in [2.24, 2.45) is 0 Å². The van der Waals surface area contributed by atoms with Gasteiger partial charge >= 0.3 is 18.4 Å². The van der Waals surface area contributed by atoms with Crippen LogP contribution in [0.4, 0.5) is 43.0 Å². The highest BCUT2D eigenvalue weighted by molar-refractivity contribution is 6.02. The summed E-state index contributed by atoms with van der Waals surface area (Å²) in [6.07, 6.45) is -2.88. The van der Waals surface area contributed by atoms with E-state index in [1.165, 1.54) is 37.7 Å². The molecule has 0 aromatic carbocycles. The fourth-order valence-electron chi connectivity index (χ4n) is 6.23. The summed E-state index contributed by atoms with van der Waals surface area (Å²) in [5.41, 5.74) is -2.70. The fourth-order valence-corrected chi connectivity index (χ4v) is 6.23. The summed E-state index contributed by atoms with van der Waals surface area (Å²) >= 11 is 0. The van der Waals surface area contributed by atoms with Crippen molar-refractivity contribution in [3.05, 3.63) is 42.1 Å². The van der Waals surface area contributed by atoms with E-state index in [9.17, 15) is 36.3 Å². The number of aromatic nitrogens is 6. The molecule has 1 N–H and O–H groups in total. The normalized spacial score (nSPS) is 18.8. The topological polar surface area (TPSA) is 153 Å². The number of piperazine rings is 1. The second-order valence-electron chi connectivity index (χ2n) is 15.2. The highest BCUT2D eigenvalue weighted by atomic mass is 19.4. The number of nitrogens with one attached hydrogen (secondary N) is 1. The van der Waals surface area contributed by atoms with E-state index in [1.807, 2.05) is 20.8 Å². The summed E-state index contributed by atoms with van der Waals surface area (Å²) in [5, 5.41) is 14.6. The first-order chi connectivity index (χ1) is 25.2. The van der Waals surface area contributed by atoms with Crippen molar-refractivity contribution in [1.82, 2.24) is 39.6 Å². The minimum atomic E-state index is -4.78. The molecule has 0 atom stereocenters. The first kappa shape index (κ1) is 40.3. The van der Waals surface area contributed by atoms with Crippen molar-refractivity contribution in [3.8, 4) is 5.69 Å². The Hall–Kier alpha value is -4.88. The number of nitrogens with zero attached hydrogens (tertiary/aromatic N) is 9. The molecule has 1 aliphatic carbocycles. The van der Waals surface area contributed by atoms with E-state index in [-0.39, 0.29) is 35.2 Å². The van der Waals surface area contributed by atoms with Crippen LogP contribution in [0.15, 0.2) is 30.7 Å². The standard InChI is InChI=1S/C34H45F5N10O5/c1-32(2,3)53-30(51)46-15-13-45(14-16-46)21-7-9-22(10-8-21)48-19-25(27(44-48)28(35)36)42-29(50)24-18-41-49(43-24)23-11-12-40-26(17-23)47(20-34(37,38)39)31(52)54-33(4,5)6/h11-12,17-19,21-22,28H,7-10,13-16,20H2,1-6H3,(H,42,50). The largest absolute Gasteiger partial charge is 0.444 e. The molecule has 54 heavy (non-hydrogen) atoms. The first-order valence-electron chi connectivity index (χ1n) is 17.5. The number of hydrogen-bond acceptors (Lipinski definition) is 10. The Labute approximate surface area is 308 Å². The van der Waals surface area contributed by atoms with Crippen LogP contribution in [0.3, 0.4) is 0 Å². The molecule has 1 saturated heterocycles.